The van der Waals surface area contributed by atoms with Crippen LogP contribution in [0.5, 0.6) is 0 Å². The normalized spacial score (nSPS) is 15.1. The second kappa shape index (κ2) is 9.09. The van der Waals surface area contributed by atoms with E-state index in [0.29, 0.717) is 31.6 Å². The van der Waals surface area contributed by atoms with Gasteiger partial charge in [-0.15, -0.1) is 0 Å². The summed E-state index contributed by atoms with van der Waals surface area (Å²) in [4.78, 5) is 27.7. The molecule has 8 heteroatoms. The highest BCUT2D eigenvalue weighted by Crippen LogP contribution is 2.29. The lowest BCUT2D eigenvalue weighted by atomic mass is 9.98. The van der Waals surface area contributed by atoms with Crippen molar-refractivity contribution in [2.45, 2.75) is 25.4 Å². The van der Waals surface area contributed by atoms with E-state index in [-0.39, 0.29) is 11.5 Å². The van der Waals surface area contributed by atoms with Crippen molar-refractivity contribution < 1.29 is 18.0 Å². The van der Waals surface area contributed by atoms with Gasteiger partial charge in [0.1, 0.15) is 0 Å². The fourth-order valence-electron chi connectivity index (χ4n) is 3.16. The number of amides is 1. The van der Waals surface area contributed by atoms with Crippen LogP contribution in [0.15, 0.2) is 59.0 Å². The number of carbonyl (C=O) groups excluding carboxylic acids is 1. The third-order valence-electron chi connectivity index (χ3n) is 4.82. The molecule has 0 saturated carbocycles. The molecule has 0 spiro atoms. The van der Waals surface area contributed by atoms with Crippen LogP contribution in [-0.4, -0.2) is 35.4 Å². The van der Waals surface area contributed by atoms with Gasteiger partial charge in [-0.2, -0.15) is 13.2 Å². The molecule has 2 aromatic rings. The van der Waals surface area contributed by atoms with Crippen molar-refractivity contribution in [3.05, 3.63) is 75.7 Å². The van der Waals surface area contributed by atoms with Crippen molar-refractivity contribution in [2.75, 3.05) is 25.0 Å². The molecule has 1 aliphatic rings. The molecule has 2 N–H and O–H groups in total. The average Bonchev–Trinajstić information content (AvgIpc) is 2.69. The van der Waals surface area contributed by atoms with Crippen LogP contribution in [-0.2, 0) is 17.4 Å². The summed E-state index contributed by atoms with van der Waals surface area (Å²) in [5.41, 5.74) is 1.74. The Morgan fingerprint density at radius 2 is 1.90 bits per heavy atom. The molecule has 154 valence electrons. The number of nitrogens with zero attached hydrogens (tertiary/aromatic N) is 1. The number of halogens is 3. The Bertz CT molecular complexity index is 913. The molecule has 0 radical (unpaired) electrons. The molecule has 1 aromatic heterocycles. The number of pyridine rings is 1. The predicted molar refractivity (Wildman–Crippen MR) is 105 cm³/mol. The Balaban J connectivity index is 1.43. The first-order valence-corrected chi connectivity index (χ1v) is 9.34. The van der Waals surface area contributed by atoms with Gasteiger partial charge >= 0.3 is 6.18 Å². The van der Waals surface area contributed by atoms with E-state index in [1.807, 2.05) is 0 Å². The minimum atomic E-state index is -4.31. The summed E-state index contributed by atoms with van der Waals surface area (Å²) in [6, 6.07) is 8.18. The fourth-order valence-corrected chi connectivity index (χ4v) is 3.16. The van der Waals surface area contributed by atoms with Crippen LogP contribution in [0.4, 0.5) is 18.9 Å². The van der Waals surface area contributed by atoms with Crippen LogP contribution in [0.1, 0.15) is 24.0 Å². The second-order valence-corrected chi connectivity index (χ2v) is 7.02. The van der Waals surface area contributed by atoms with Crippen LogP contribution >= 0.6 is 0 Å². The number of nitrogens with one attached hydrogen (secondary N) is 2. The van der Waals surface area contributed by atoms with Crippen molar-refractivity contribution in [2.24, 2.45) is 0 Å². The summed E-state index contributed by atoms with van der Waals surface area (Å²) in [6.45, 7) is 2.12. The molecule has 5 nitrogen and oxygen atoms in total. The Kier molecular flexibility index (Phi) is 6.53. The quantitative estimate of drug-likeness (QED) is 0.722. The second-order valence-electron chi connectivity index (χ2n) is 7.02. The molecule has 1 aliphatic heterocycles. The summed E-state index contributed by atoms with van der Waals surface area (Å²) in [7, 11) is 0. The summed E-state index contributed by atoms with van der Waals surface area (Å²) in [6.07, 6.45) is 1.02. The SMILES string of the molecule is O=C(CCN1CC=C(Cc2ccc(C(F)(F)F)cc2)CC1)Nc1ccc(=O)[nH]c1. The minimum absolute atomic E-state index is 0.128. The van der Waals surface area contributed by atoms with Gasteiger partial charge in [0, 0.05) is 38.3 Å². The van der Waals surface area contributed by atoms with Gasteiger partial charge in [0.15, 0.2) is 0 Å². The Hall–Kier alpha value is -2.87. The van der Waals surface area contributed by atoms with Gasteiger partial charge < -0.3 is 10.3 Å². The van der Waals surface area contributed by atoms with Crippen LogP contribution in [0.3, 0.4) is 0 Å². The van der Waals surface area contributed by atoms with Gasteiger partial charge in [0.2, 0.25) is 11.5 Å². The number of aromatic nitrogens is 1. The zero-order valence-corrected chi connectivity index (χ0v) is 15.8. The third kappa shape index (κ3) is 6.32. The number of hydrogen-bond donors (Lipinski definition) is 2. The van der Waals surface area contributed by atoms with Gasteiger partial charge in [-0.1, -0.05) is 23.8 Å². The molecule has 0 saturated heterocycles. The average molecular weight is 405 g/mol. The lowest BCUT2D eigenvalue weighted by molar-refractivity contribution is -0.137. The Labute approximate surface area is 166 Å². The smallest absolute Gasteiger partial charge is 0.327 e. The largest absolute Gasteiger partial charge is 0.416 e. The van der Waals surface area contributed by atoms with E-state index in [2.05, 4.69) is 21.3 Å². The van der Waals surface area contributed by atoms with Crippen LogP contribution < -0.4 is 10.9 Å². The van der Waals surface area contributed by atoms with Gasteiger partial charge in [0.25, 0.3) is 0 Å². The Morgan fingerprint density at radius 1 is 1.14 bits per heavy atom. The molecule has 0 fully saturated rings. The molecular formula is C21H22F3N3O2. The summed E-state index contributed by atoms with van der Waals surface area (Å²) >= 11 is 0. The number of alkyl halides is 3. The van der Waals surface area contributed by atoms with E-state index in [1.165, 1.54) is 30.0 Å². The molecule has 1 amide bonds. The fraction of sp³-hybridized carbons (Fsp3) is 0.333. The summed E-state index contributed by atoms with van der Waals surface area (Å²) in [5, 5.41) is 2.73. The molecule has 3 rings (SSSR count). The van der Waals surface area contributed by atoms with E-state index >= 15 is 0 Å². The highest BCUT2D eigenvalue weighted by atomic mass is 19.4. The van der Waals surface area contributed by atoms with E-state index in [0.717, 1.165) is 30.7 Å². The lowest BCUT2D eigenvalue weighted by Gasteiger charge is -2.26. The topological polar surface area (TPSA) is 65.2 Å². The molecule has 2 heterocycles. The first kappa shape index (κ1) is 20.9. The Morgan fingerprint density at radius 3 is 2.48 bits per heavy atom. The van der Waals surface area contributed by atoms with Gasteiger partial charge in [0.05, 0.1) is 11.3 Å². The molecule has 0 atom stereocenters. The van der Waals surface area contributed by atoms with Crippen molar-refractivity contribution in [1.29, 1.82) is 0 Å². The number of anilines is 1. The number of benzene rings is 1. The van der Waals surface area contributed by atoms with Crippen LogP contribution in [0.25, 0.3) is 0 Å². The molecule has 0 aliphatic carbocycles. The van der Waals surface area contributed by atoms with E-state index in [1.54, 1.807) is 6.07 Å². The third-order valence-corrected chi connectivity index (χ3v) is 4.82. The first-order chi connectivity index (χ1) is 13.8. The first-order valence-electron chi connectivity index (χ1n) is 9.34. The maximum atomic E-state index is 12.6. The van der Waals surface area contributed by atoms with Crippen molar-refractivity contribution in [3.8, 4) is 0 Å². The number of rotatable bonds is 6. The molecular weight excluding hydrogens is 383 g/mol. The monoisotopic (exact) mass is 405 g/mol. The molecule has 0 bridgehead atoms. The number of H-pyrrole nitrogens is 1. The maximum Gasteiger partial charge on any atom is 0.416 e. The van der Waals surface area contributed by atoms with Crippen LogP contribution in [0, 0.1) is 0 Å². The van der Waals surface area contributed by atoms with Gasteiger partial charge in [-0.05, 0) is 36.6 Å². The zero-order chi connectivity index (χ0) is 20.9. The summed E-state index contributed by atoms with van der Waals surface area (Å²) in [5.74, 6) is -0.128. The molecule has 0 unspecified atom stereocenters. The highest BCUT2D eigenvalue weighted by Gasteiger charge is 2.29. The predicted octanol–water partition coefficient (Wildman–Crippen LogP) is 3.60. The maximum absolute atomic E-state index is 12.6. The van der Waals surface area contributed by atoms with E-state index in [4.69, 9.17) is 0 Å². The lowest BCUT2D eigenvalue weighted by Crippen LogP contribution is -2.32. The van der Waals surface area contributed by atoms with Gasteiger partial charge in [-0.3, -0.25) is 14.5 Å². The van der Waals surface area contributed by atoms with Crippen LogP contribution in [0.2, 0.25) is 0 Å². The summed E-state index contributed by atoms with van der Waals surface area (Å²) < 4.78 is 37.9. The standard InChI is InChI=1S/C21H22F3N3O2/c22-21(23,24)17-3-1-15(2-4-17)13-16-7-10-27(11-8-16)12-9-20(29)26-18-5-6-19(28)25-14-18/h1-7,14H,8-13H2,(H,25,28)(H,26,29). The molecule has 29 heavy (non-hydrogen) atoms. The van der Waals surface area contributed by atoms with Crippen molar-refractivity contribution in [1.82, 2.24) is 9.88 Å². The van der Waals surface area contributed by atoms with Crippen molar-refractivity contribution in [3.63, 3.8) is 0 Å². The van der Waals surface area contributed by atoms with Gasteiger partial charge in [-0.25, -0.2) is 0 Å². The molecule has 1 aromatic carbocycles. The minimum Gasteiger partial charge on any atom is -0.327 e. The number of carbonyl (C=O) groups is 1. The number of aromatic amines is 1. The number of hydrogen-bond acceptors (Lipinski definition) is 3. The van der Waals surface area contributed by atoms with E-state index < -0.39 is 11.7 Å². The van der Waals surface area contributed by atoms with Crippen molar-refractivity contribution >= 4 is 11.6 Å². The van der Waals surface area contributed by atoms with E-state index in [9.17, 15) is 22.8 Å². The zero-order valence-electron chi connectivity index (χ0n) is 15.8. The highest BCUT2D eigenvalue weighted by molar-refractivity contribution is 5.90.